The van der Waals surface area contributed by atoms with Gasteiger partial charge in [0.15, 0.2) is 0 Å². The number of unbranched alkanes of at least 4 members (excludes halogenated alkanes) is 12. The van der Waals surface area contributed by atoms with Gasteiger partial charge in [0.1, 0.15) is 6.10 Å². The zero-order valence-corrected chi connectivity index (χ0v) is 28.4. The lowest BCUT2D eigenvalue weighted by Gasteiger charge is -2.27. The SMILES string of the molecule is CCCCC/C=C/CCCC(CCC/C=C/CCCCC)C(CC/C=C/CCCCC)OC(=O)CCCCN(C)C. The van der Waals surface area contributed by atoms with Crippen LogP contribution in [0.25, 0.3) is 0 Å². The molecule has 240 valence electrons. The summed E-state index contributed by atoms with van der Waals surface area (Å²) in [5, 5.41) is 0. The average Bonchev–Trinajstić information content (AvgIpc) is 2.95. The van der Waals surface area contributed by atoms with Gasteiger partial charge in [-0.15, -0.1) is 0 Å². The van der Waals surface area contributed by atoms with Gasteiger partial charge in [0.2, 0.25) is 0 Å². The van der Waals surface area contributed by atoms with Crippen LogP contribution < -0.4 is 0 Å². The van der Waals surface area contributed by atoms with E-state index in [-0.39, 0.29) is 12.1 Å². The standard InChI is InChI=1S/C38H71NO2/c1-6-9-12-15-18-21-23-26-31-36(32-27-24-22-19-16-13-10-7-2)37(33-28-25-20-17-14-11-8-3)41-38(40)34-29-30-35-39(4)5/h18-22,25,36-37H,6-17,23-24,26-35H2,1-5H3/b21-18+,22-19+,25-20+. The Labute approximate surface area is 257 Å². The van der Waals surface area contributed by atoms with Gasteiger partial charge in [0.25, 0.3) is 0 Å². The van der Waals surface area contributed by atoms with Crippen LogP contribution >= 0.6 is 0 Å². The monoisotopic (exact) mass is 574 g/mol. The molecule has 1 atom stereocenters. The van der Waals surface area contributed by atoms with E-state index in [1.54, 1.807) is 0 Å². The maximum Gasteiger partial charge on any atom is 0.306 e. The van der Waals surface area contributed by atoms with Crippen LogP contribution in [0.1, 0.15) is 168 Å². The maximum atomic E-state index is 12.9. The van der Waals surface area contributed by atoms with E-state index in [1.165, 1.54) is 89.9 Å². The molecule has 0 aromatic carbocycles. The van der Waals surface area contributed by atoms with Gasteiger partial charge in [-0.1, -0.05) is 95.8 Å². The zero-order chi connectivity index (χ0) is 30.2. The van der Waals surface area contributed by atoms with Crippen molar-refractivity contribution in [2.24, 2.45) is 5.92 Å². The van der Waals surface area contributed by atoms with E-state index < -0.39 is 0 Å². The van der Waals surface area contributed by atoms with E-state index in [0.717, 1.165) is 57.9 Å². The van der Waals surface area contributed by atoms with E-state index in [4.69, 9.17) is 4.74 Å². The summed E-state index contributed by atoms with van der Waals surface area (Å²) in [6.45, 7) is 7.82. The molecular formula is C38H71NO2. The van der Waals surface area contributed by atoms with Gasteiger partial charge in [-0.3, -0.25) is 4.79 Å². The molecule has 0 amide bonds. The molecule has 3 heteroatoms. The molecule has 0 N–H and O–H groups in total. The van der Waals surface area contributed by atoms with Gasteiger partial charge < -0.3 is 9.64 Å². The van der Waals surface area contributed by atoms with E-state index in [2.05, 4.69) is 76.2 Å². The van der Waals surface area contributed by atoms with Gasteiger partial charge >= 0.3 is 5.97 Å². The van der Waals surface area contributed by atoms with Gasteiger partial charge in [-0.05, 0) is 129 Å². The largest absolute Gasteiger partial charge is 0.462 e. The van der Waals surface area contributed by atoms with Gasteiger partial charge in [0, 0.05) is 6.42 Å². The topological polar surface area (TPSA) is 29.5 Å². The zero-order valence-electron chi connectivity index (χ0n) is 28.4. The van der Waals surface area contributed by atoms with Crippen molar-refractivity contribution in [1.29, 1.82) is 0 Å². The van der Waals surface area contributed by atoms with Crippen LogP contribution in [-0.4, -0.2) is 37.6 Å². The molecular weight excluding hydrogens is 502 g/mol. The predicted octanol–water partition coefficient (Wildman–Crippen LogP) is 11.8. The van der Waals surface area contributed by atoms with Crippen molar-refractivity contribution < 1.29 is 9.53 Å². The van der Waals surface area contributed by atoms with Crippen molar-refractivity contribution in [2.75, 3.05) is 20.6 Å². The molecule has 0 spiro atoms. The molecule has 0 radical (unpaired) electrons. The minimum atomic E-state index is 0.0114. The highest BCUT2D eigenvalue weighted by Crippen LogP contribution is 2.27. The minimum absolute atomic E-state index is 0.0114. The molecule has 0 rings (SSSR count). The average molecular weight is 574 g/mol. The number of nitrogens with zero attached hydrogens (tertiary/aromatic N) is 1. The Hall–Kier alpha value is -1.35. The van der Waals surface area contributed by atoms with Crippen molar-refractivity contribution in [3.8, 4) is 0 Å². The lowest BCUT2D eigenvalue weighted by Crippen LogP contribution is -2.27. The predicted molar refractivity (Wildman–Crippen MR) is 183 cm³/mol. The Kier molecular flexibility index (Phi) is 30.5. The Morgan fingerprint density at radius 3 is 1.44 bits per heavy atom. The molecule has 0 aliphatic carbocycles. The number of esters is 1. The number of ether oxygens (including phenoxy) is 1. The molecule has 1 unspecified atom stereocenters. The number of carbonyl (C=O) groups excluding carboxylic acids is 1. The first-order valence-corrected chi connectivity index (χ1v) is 17.8. The second kappa shape index (κ2) is 31.6. The highest BCUT2D eigenvalue weighted by atomic mass is 16.5. The van der Waals surface area contributed by atoms with Crippen LogP contribution in [0.3, 0.4) is 0 Å². The molecule has 0 aromatic rings. The van der Waals surface area contributed by atoms with Gasteiger partial charge in [-0.2, -0.15) is 0 Å². The fourth-order valence-electron chi connectivity index (χ4n) is 5.33. The van der Waals surface area contributed by atoms with Crippen LogP contribution in [0.4, 0.5) is 0 Å². The number of allylic oxidation sites excluding steroid dienone is 6. The van der Waals surface area contributed by atoms with Crippen molar-refractivity contribution in [3.63, 3.8) is 0 Å². The summed E-state index contributed by atoms with van der Waals surface area (Å²) in [6, 6.07) is 0. The molecule has 0 fully saturated rings. The highest BCUT2D eigenvalue weighted by molar-refractivity contribution is 5.69. The van der Waals surface area contributed by atoms with Crippen LogP contribution in [-0.2, 0) is 9.53 Å². The maximum absolute atomic E-state index is 12.9. The summed E-state index contributed by atoms with van der Waals surface area (Å²) in [7, 11) is 4.19. The molecule has 3 nitrogen and oxygen atoms in total. The summed E-state index contributed by atoms with van der Waals surface area (Å²) in [4.78, 5) is 15.1. The second-order valence-corrected chi connectivity index (χ2v) is 12.4. The van der Waals surface area contributed by atoms with Crippen LogP contribution in [0.2, 0.25) is 0 Å². The van der Waals surface area contributed by atoms with E-state index >= 15 is 0 Å². The van der Waals surface area contributed by atoms with Crippen LogP contribution in [0.5, 0.6) is 0 Å². The summed E-state index contributed by atoms with van der Waals surface area (Å²) >= 11 is 0. The fraction of sp³-hybridized carbons (Fsp3) is 0.816. The van der Waals surface area contributed by atoms with Crippen LogP contribution in [0, 0.1) is 5.92 Å². The summed E-state index contributed by atoms with van der Waals surface area (Å²) < 4.78 is 6.29. The van der Waals surface area contributed by atoms with Crippen molar-refractivity contribution in [3.05, 3.63) is 36.5 Å². The molecule has 0 heterocycles. The molecule has 0 aromatic heterocycles. The third-order valence-corrected chi connectivity index (χ3v) is 7.98. The highest BCUT2D eigenvalue weighted by Gasteiger charge is 2.24. The van der Waals surface area contributed by atoms with E-state index in [0.29, 0.717) is 12.3 Å². The first-order valence-electron chi connectivity index (χ1n) is 17.8. The second-order valence-electron chi connectivity index (χ2n) is 12.4. The van der Waals surface area contributed by atoms with Crippen molar-refractivity contribution in [2.45, 2.75) is 175 Å². The number of rotatable bonds is 30. The molecule has 0 aliphatic rings. The minimum Gasteiger partial charge on any atom is -0.462 e. The smallest absolute Gasteiger partial charge is 0.306 e. The Morgan fingerprint density at radius 2 is 1.00 bits per heavy atom. The number of hydrogen-bond acceptors (Lipinski definition) is 3. The van der Waals surface area contributed by atoms with Crippen molar-refractivity contribution >= 4 is 5.97 Å². The first kappa shape index (κ1) is 39.6. The molecule has 0 saturated carbocycles. The lowest BCUT2D eigenvalue weighted by atomic mass is 9.88. The quantitative estimate of drug-likeness (QED) is 0.0486. The first-order chi connectivity index (χ1) is 20.0. The molecule has 0 aliphatic heterocycles. The number of carbonyl (C=O) groups is 1. The summed E-state index contributed by atoms with van der Waals surface area (Å²) in [5.41, 5.74) is 0. The molecule has 41 heavy (non-hydrogen) atoms. The van der Waals surface area contributed by atoms with E-state index in [1.807, 2.05) is 0 Å². The summed E-state index contributed by atoms with van der Waals surface area (Å²) in [5.74, 6) is 0.466. The molecule has 0 bridgehead atoms. The third kappa shape index (κ3) is 28.5. The van der Waals surface area contributed by atoms with Gasteiger partial charge in [-0.25, -0.2) is 0 Å². The van der Waals surface area contributed by atoms with Crippen LogP contribution in [0.15, 0.2) is 36.5 Å². The fourth-order valence-corrected chi connectivity index (χ4v) is 5.33. The van der Waals surface area contributed by atoms with Crippen molar-refractivity contribution in [1.82, 2.24) is 4.90 Å². The van der Waals surface area contributed by atoms with E-state index in [9.17, 15) is 4.79 Å². The number of hydrogen-bond donors (Lipinski definition) is 0. The Bertz CT molecular complexity index is 610. The summed E-state index contributed by atoms with van der Waals surface area (Å²) in [6.07, 6.45) is 41.0. The van der Waals surface area contributed by atoms with Gasteiger partial charge in [0.05, 0.1) is 0 Å². The lowest BCUT2D eigenvalue weighted by molar-refractivity contribution is -0.152. The normalized spacial score (nSPS) is 13.0. The molecule has 0 saturated heterocycles. The Balaban J connectivity index is 5.14. The third-order valence-electron chi connectivity index (χ3n) is 7.98. The Morgan fingerprint density at radius 1 is 0.561 bits per heavy atom.